The molecule has 7 heteroatoms. The molecule has 0 N–H and O–H groups in total. The zero-order valence-corrected chi connectivity index (χ0v) is 16.5. The van der Waals surface area contributed by atoms with Gasteiger partial charge in [0.15, 0.2) is 4.67 Å². The fourth-order valence-corrected chi connectivity index (χ4v) is 4.21. The maximum Gasteiger partial charge on any atom is 0.257 e. The Morgan fingerprint density at radius 2 is 1.76 bits per heavy atom. The van der Waals surface area contributed by atoms with E-state index in [0.717, 1.165) is 26.2 Å². The van der Waals surface area contributed by atoms with E-state index in [1.54, 1.807) is 6.07 Å². The quantitative estimate of drug-likeness (QED) is 0.765. The first-order valence-corrected chi connectivity index (χ1v) is 9.75. The average Bonchev–Trinajstić information content (AvgIpc) is 3.00. The third kappa shape index (κ3) is 4.64. The highest BCUT2D eigenvalue weighted by molar-refractivity contribution is 9.10. The molecule has 0 saturated carbocycles. The lowest BCUT2D eigenvalue weighted by Gasteiger charge is -2.38. The molecule has 3 heterocycles. The molecule has 0 bridgehead atoms. The maximum atomic E-state index is 12.6. The van der Waals surface area contributed by atoms with Gasteiger partial charge in [-0.2, -0.15) is 0 Å². The van der Waals surface area contributed by atoms with Crippen LogP contribution in [0, 0.1) is 11.8 Å². The van der Waals surface area contributed by atoms with E-state index in [4.69, 9.17) is 4.42 Å². The number of carbonyl (C=O) groups is 2. The number of carbonyl (C=O) groups excluding carboxylic acids is 2. The lowest BCUT2D eigenvalue weighted by Crippen LogP contribution is -2.53. The standard InChI is InChI=1S/C18H26BrN3O3/c1-13-7-14(2)10-22(9-13)17(23)11-20-3-5-21(6-4-20)18(24)15-8-16(19)25-12-15/h8,12-14H,3-7,9-11H2,1-2H3/t13-,14+. The second-order valence-corrected chi connectivity index (χ2v) is 8.23. The molecular formula is C18H26BrN3O3. The molecule has 2 amide bonds. The van der Waals surface area contributed by atoms with Crippen molar-refractivity contribution in [2.45, 2.75) is 20.3 Å². The van der Waals surface area contributed by atoms with Crippen LogP contribution in [0.4, 0.5) is 0 Å². The number of amides is 2. The van der Waals surface area contributed by atoms with Crippen LogP contribution in [0.1, 0.15) is 30.6 Å². The zero-order valence-electron chi connectivity index (χ0n) is 14.9. The van der Waals surface area contributed by atoms with Gasteiger partial charge in [-0.3, -0.25) is 14.5 Å². The number of nitrogens with zero attached hydrogens (tertiary/aromatic N) is 3. The van der Waals surface area contributed by atoms with Crippen LogP contribution in [0.5, 0.6) is 0 Å². The van der Waals surface area contributed by atoms with Gasteiger partial charge in [-0.05, 0) is 34.2 Å². The van der Waals surface area contributed by atoms with E-state index in [9.17, 15) is 9.59 Å². The van der Waals surface area contributed by atoms with Crippen molar-refractivity contribution in [3.63, 3.8) is 0 Å². The van der Waals surface area contributed by atoms with Crippen molar-refractivity contribution in [3.05, 3.63) is 22.6 Å². The van der Waals surface area contributed by atoms with Crippen molar-refractivity contribution in [1.29, 1.82) is 0 Å². The van der Waals surface area contributed by atoms with Gasteiger partial charge in [0.2, 0.25) is 5.91 Å². The summed E-state index contributed by atoms with van der Waals surface area (Å²) >= 11 is 3.22. The molecule has 25 heavy (non-hydrogen) atoms. The summed E-state index contributed by atoms with van der Waals surface area (Å²) in [5.74, 6) is 1.36. The topological polar surface area (TPSA) is 57.0 Å². The van der Waals surface area contributed by atoms with E-state index in [1.807, 2.05) is 9.80 Å². The molecular weight excluding hydrogens is 386 g/mol. The Hall–Kier alpha value is -1.34. The Morgan fingerprint density at radius 3 is 2.32 bits per heavy atom. The smallest absolute Gasteiger partial charge is 0.257 e. The first kappa shape index (κ1) is 18.5. The van der Waals surface area contributed by atoms with Gasteiger partial charge in [0, 0.05) is 45.3 Å². The minimum atomic E-state index is -0.0147. The van der Waals surface area contributed by atoms with Crippen molar-refractivity contribution in [3.8, 4) is 0 Å². The fourth-order valence-electron chi connectivity index (χ4n) is 3.87. The third-order valence-electron chi connectivity index (χ3n) is 5.05. The lowest BCUT2D eigenvalue weighted by atomic mass is 9.92. The van der Waals surface area contributed by atoms with Crippen molar-refractivity contribution < 1.29 is 14.0 Å². The zero-order chi connectivity index (χ0) is 18.0. The Kier molecular flexibility index (Phi) is 5.84. The Bertz CT molecular complexity index is 615. The van der Waals surface area contributed by atoms with Gasteiger partial charge in [-0.15, -0.1) is 0 Å². The number of furan rings is 1. The molecule has 6 nitrogen and oxygen atoms in total. The van der Waals surface area contributed by atoms with Gasteiger partial charge in [-0.25, -0.2) is 0 Å². The minimum absolute atomic E-state index is 0.0147. The molecule has 0 unspecified atom stereocenters. The number of likely N-dealkylation sites (tertiary alicyclic amines) is 1. The second-order valence-electron chi connectivity index (χ2n) is 7.45. The van der Waals surface area contributed by atoms with Gasteiger partial charge in [0.1, 0.15) is 6.26 Å². The minimum Gasteiger partial charge on any atom is -0.457 e. The lowest BCUT2D eigenvalue weighted by molar-refractivity contribution is -0.135. The predicted octanol–water partition coefficient (Wildman–Crippen LogP) is 2.30. The van der Waals surface area contributed by atoms with Crippen molar-refractivity contribution in [1.82, 2.24) is 14.7 Å². The first-order chi connectivity index (χ1) is 11.9. The number of piperazine rings is 1. The van der Waals surface area contributed by atoms with E-state index >= 15 is 0 Å². The monoisotopic (exact) mass is 411 g/mol. The van der Waals surface area contributed by atoms with Crippen LogP contribution in [0.15, 0.2) is 21.4 Å². The highest BCUT2D eigenvalue weighted by atomic mass is 79.9. The summed E-state index contributed by atoms with van der Waals surface area (Å²) in [7, 11) is 0. The van der Waals surface area contributed by atoms with Gasteiger partial charge in [0.25, 0.3) is 5.91 Å². The molecule has 0 spiro atoms. The Morgan fingerprint density at radius 1 is 1.12 bits per heavy atom. The fraction of sp³-hybridized carbons (Fsp3) is 0.667. The Balaban J connectivity index is 1.47. The molecule has 0 radical (unpaired) electrons. The van der Waals surface area contributed by atoms with Gasteiger partial charge >= 0.3 is 0 Å². The normalized spacial score (nSPS) is 25.2. The van der Waals surface area contributed by atoms with Crippen molar-refractivity contribution in [2.75, 3.05) is 45.8 Å². The molecule has 138 valence electrons. The maximum absolute atomic E-state index is 12.6. The van der Waals surface area contributed by atoms with Crippen molar-refractivity contribution >= 4 is 27.7 Å². The molecule has 0 aliphatic carbocycles. The SMILES string of the molecule is C[C@@H]1C[C@H](C)CN(C(=O)CN2CCN(C(=O)c3coc(Br)c3)CC2)C1. The predicted molar refractivity (Wildman–Crippen MR) is 98.3 cm³/mol. The molecule has 3 rings (SSSR count). The van der Waals surface area contributed by atoms with Crippen LogP contribution in [-0.4, -0.2) is 72.3 Å². The second kappa shape index (κ2) is 7.91. The molecule has 0 aromatic carbocycles. The molecule has 1 aromatic rings. The van der Waals surface area contributed by atoms with E-state index in [2.05, 4.69) is 34.7 Å². The van der Waals surface area contributed by atoms with Crippen LogP contribution in [0.25, 0.3) is 0 Å². The molecule has 2 fully saturated rings. The summed E-state index contributed by atoms with van der Waals surface area (Å²) in [4.78, 5) is 31.0. The number of rotatable bonds is 3. The van der Waals surface area contributed by atoms with Crippen LogP contribution in [0.3, 0.4) is 0 Å². The number of hydrogen-bond acceptors (Lipinski definition) is 4. The molecule has 2 atom stereocenters. The third-order valence-corrected chi connectivity index (χ3v) is 5.47. The molecule has 2 aliphatic rings. The van der Waals surface area contributed by atoms with E-state index < -0.39 is 0 Å². The summed E-state index contributed by atoms with van der Waals surface area (Å²) in [5, 5.41) is 0. The number of piperidine rings is 1. The Labute approximate surface area is 157 Å². The van der Waals surface area contributed by atoms with Crippen LogP contribution in [-0.2, 0) is 4.79 Å². The first-order valence-electron chi connectivity index (χ1n) is 8.96. The summed E-state index contributed by atoms with van der Waals surface area (Å²) in [6, 6.07) is 1.69. The molecule has 1 aromatic heterocycles. The summed E-state index contributed by atoms with van der Waals surface area (Å²) in [6.45, 7) is 9.38. The highest BCUT2D eigenvalue weighted by Gasteiger charge is 2.28. The van der Waals surface area contributed by atoms with Gasteiger partial charge in [-0.1, -0.05) is 13.8 Å². The van der Waals surface area contributed by atoms with Gasteiger partial charge < -0.3 is 14.2 Å². The largest absolute Gasteiger partial charge is 0.457 e. The van der Waals surface area contributed by atoms with E-state index in [1.165, 1.54) is 12.7 Å². The van der Waals surface area contributed by atoms with Crippen LogP contribution in [0.2, 0.25) is 0 Å². The van der Waals surface area contributed by atoms with Crippen molar-refractivity contribution in [2.24, 2.45) is 11.8 Å². The number of hydrogen-bond donors (Lipinski definition) is 0. The van der Waals surface area contributed by atoms with Gasteiger partial charge in [0.05, 0.1) is 12.1 Å². The summed E-state index contributed by atoms with van der Waals surface area (Å²) in [5.41, 5.74) is 0.563. The molecule has 2 saturated heterocycles. The summed E-state index contributed by atoms with van der Waals surface area (Å²) in [6.07, 6.45) is 2.68. The summed E-state index contributed by atoms with van der Waals surface area (Å²) < 4.78 is 5.70. The van der Waals surface area contributed by atoms with Crippen LogP contribution < -0.4 is 0 Å². The highest BCUT2D eigenvalue weighted by Crippen LogP contribution is 2.21. The average molecular weight is 412 g/mol. The van der Waals surface area contributed by atoms with E-state index in [-0.39, 0.29) is 11.8 Å². The molecule has 2 aliphatic heterocycles. The van der Waals surface area contributed by atoms with Crippen LogP contribution >= 0.6 is 15.9 Å². The number of halogens is 1. The van der Waals surface area contributed by atoms with E-state index in [0.29, 0.717) is 41.7 Å².